The first-order valence-electron chi connectivity index (χ1n) is 4.85. The van der Waals surface area contributed by atoms with Crippen LogP contribution >= 0.6 is 0 Å². The molecule has 0 aliphatic heterocycles. The fourth-order valence-electron chi connectivity index (χ4n) is 0.967. The summed E-state index contributed by atoms with van der Waals surface area (Å²) in [5, 5.41) is 2.99. The topological polar surface area (TPSA) is 21.6 Å². The minimum absolute atomic E-state index is 0.0774. The Bertz CT molecular complexity index is 432. The zero-order valence-electron chi connectivity index (χ0n) is 9.51. The van der Waals surface area contributed by atoms with E-state index in [1.54, 1.807) is 12.1 Å². The van der Waals surface area contributed by atoms with Crippen molar-refractivity contribution in [1.82, 2.24) is 0 Å². The van der Waals surface area contributed by atoms with Gasteiger partial charge in [0.15, 0.2) is 11.5 Å². The van der Waals surface area contributed by atoms with E-state index in [1.807, 2.05) is 19.1 Å². The monoisotopic (exact) mass is 243 g/mol. The van der Waals surface area contributed by atoms with Crippen molar-refractivity contribution in [1.29, 1.82) is 0 Å². The Morgan fingerprint density at radius 2 is 1.76 bits per heavy atom. The Kier molecular flexibility index (Phi) is 3.93. The predicted octanol–water partition coefficient (Wildman–Crippen LogP) is 3.92. The summed E-state index contributed by atoms with van der Waals surface area (Å²) in [5.41, 5.74) is 0.580. The molecule has 17 heavy (non-hydrogen) atoms. The highest BCUT2D eigenvalue weighted by Crippen LogP contribution is 2.19. The average Bonchev–Trinajstić information content (AvgIpc) is 2.25. The third-order valence-electron chi connectivity index (χ3n) is 2.08. The molecule has 1 aromatic carbocycles. The second-order valence-electron chi connectivity index (χ2n) is 3.55. The molecule has 0 saturated heterocycles. The van der Waals surface area contributed by atoms with E-state index in [4.69, 9.17) is 0 Å². The number of halogens is 3. The molecule has 1 rings (SSSR count). The number of hydrogen-bond acceptors (Lipinski definition) is 2. The van der Waals surface area contributed by atoms with Crippen molar-refractivity contribution in [2.24, 2.45) is 5.16 Å². The van der Waals surface area contributed by atoms with Crippen molar-refractivity contribution < 1.29 is 18.0 Å². The van der Waals surface area contributed by atoms with Crippen molar-refractivity contribution in [3.63, 3.8) is 0 Å². The summed E-state index contributed by atoms with van der Waals surface area (Å²) in [4.78, 5) is 4.63. The molecule has 0 bridgehead atoms. The summed E-state index contributed by atoms with van der Waals surface area (Å²) in [6.45, 7) is 6.25. The molecule has 0 atom stereocenters. The third kappa shape index (κ3) is 3.94. The van der Waals surface area contributed by atoms with Crippen LogP contribution in [0.3, 0.4) is 0 Å². The second kappa shape index (κ2) is 5.03. The van der Waals surface area contributed by atoms with Crippen LogP contribution in [0.2, 0.25) is 0 Å². The van der Waals surface area contributed by atoms with Gasteiger partial charge in [-0.3, -0.25) is 0 Å². The first-order valence-corrected chi connectivity index (χ1v) is 4.85. The molecule has 0 aliphatic carbocycles. The van der Waals surface area contributed by atoms with Crippen molar-refractivity contribution in [2.45, 2.75) is 20.0 Å². The van der Waals surface area contributed by atoms with E-state index in [0.29, 0.717) is 5.56 Å². The zero-order chi connectivity index (χ0) is 13.1. The highest BCUT2D eigenvalue weighted by atomic mass is 19.4. The van der Waals surface area contributed by atoms with Crippen LogP contribution in [0.15, 0.2) is 36.0 Å². The van der Waals surface area contributed by atoms with Crippen molar-refractivity contribution >= 4 is 11.5 Å². The van der Waals surface area contributed by atoms with Crippen molar-refractivity contribution in [3.8, 4) is 0 Å². The molecule has 0 heterocycles. The van der Waals surface area contributed by atoms with E-state index in [2.05, 4.69) is 16.6 Å². The fourth-order valence-corrected chi connectivity index (χ4v) is 0.967. The van der Waals surface area contributed by atoms with Crippen molar-refractivity contribution in [2.75, 3.05) is 0 Å². The first kappa shape index (κ1) is 13.3. The van der Waals surface area contributed by atoms with Crippen LogP contribution in [0.25, 0.3) is 5.76 Å². The van der Waals surface area contributed by atoms with Gasteiger partial charge < -0.3 is 4.84 Å². The van der Waals surface area contributed by atoms with Gasteiger partial charge in [-0.05, 0) is 13.8 Å². The molecule has 92 valence electrons. The van der Waals surface area contributed by atoms with Gasteiger partial charge in [-0.1, -0.05) is 41.6 Å². The fraction of sp³-hybridized carbons (Fsp3) is 0.250. The number of nitrogens with zero attached hydrogens (tertiary/aromatic N) is 1. The Balaban J connectivity index is 2.71. The van der Waals surface area contributed by atoms with Gasteiger partial charge in [0.1, 0.15) is 0 Å². The lowest BCUT2D eigenvalue weighted by atomic mass is 10.1. The van der Waals surface area contributed by atoms with Gasteiger partial charge in [-0.2, -0.15) is 13.2 Å². The number of aryl methyl sites for hydroxylation is 1. The molecule has 0 radical (unpaired) electrons. The van der Waals surface area contributed by atoms with Gasteiger partial charge in [-0.15, -0.1) is 0 Å². The highest BCUT2D eigenvalue weighted by molar-refractivity contribution is 5.87. The molecule has 0 saturated carbocycles. The van der Waals surface area contributed by atoms with Gasteiger partial charge in [0.2, 0.25) is 0 Å². The Hall–Kier alpha value is -1.78. The van der Waals surface area contributed by atoms with Gasteiger partial charge >= 0.3 is 6.18 Å². The molecule has 0 aromatic heterocycles. The minimum Gasteiger partial charge on any atom is -0.357 e. The Morgan fingerprint density at radius 3 is 2.24 bits per heavy atom. The van der Waals surface area contributed by atoms with Crippen LogP contribution in [-0.2, 0) is 4.84 Å². The Labute approximate surface area is 97.4 Å². The first-order chi connectivity index (χ1) is 7.80. The molecule has 0 N–H and O–H groups in total. The molecule has 2 nitrogen and oxygen atoms in total. The number of benzene rings is 1. The standard InChI is InChI=1S/C12H12F3NO/c1-8-4-6-11(7-5-8)9(2)17-16-10(3)12(13,14)15/h4-7H,2H2,1,3H3/b16-10+. The molecule has 0 amide bonds. The normalized spacial score (nSPS) is 12.4. The Morgan fingerprint density at radius 1 is 1.24 bits per heavy atom. The summed E-state index contributed by atoms with van der Waals surface area (Å²) >= 11 is 0. The van der Waals surface area contributed by atoms with E-state index >= 15 is 0 Å². The summed E-state index contributed by atoms with van der Waals surface area (Å²) in [6.07, 6.45) is -4.48. The van der Waals surface area contributed by atoms with Crippen LogP contribution in [0.5, 0.6) is 0 Å². The smallest absolute Gasteiger partial charge is 0.357 e. The average molecular weight is 243 g/mol. The maximum Gasteiger partial charge on any atom is 0.432 e. The van der Waals surface area contributed by atoms with Gasteiger partial charge in [0.25, 0.3) is 0 Å². The molecular weight excluding hydrogens is 231 g/mol. The van der Waals surface area contributed by atoms with Crippen LogP contribution in [0.4, 0.5) is 13.2 Å². The molecule has 1 aromatic rings. The summed E-state index contributed by atoms with van der Waals surface area (Å²) in [6, 6.07) is 7.03. The predicted molar refractivity (Wildman–Crippen MR) is 60.5 cm³/mol. The quantitative estimate of drug-likeness (QED) is 0.448. The maximum atomic E-state index is 12.1. The molecule has 0 unspecified atom stereocenters. The summed E-state index contributed by atoms with van der Waals surface area (Å²) in [5.74, 6) is 0.0774. The third-order valence-corrected chi connectivity index (χ3v) is 2.08. The molecule has 0 spiro atoms. The zero-order valence-corrected chi connectivity index (χ0v) is 9.51. The van der Waals surface area contributed by atoms with Crippen molar-refractivity contribution in [3.05, 3.63) is 42.0 Å². The van der Waals surface area contributed by atoms with Gasteiger partial charge in [0, 0.05) is 5.56 Å². The number of oxime groups is 1. The summed E-state index contributed by atoms with van der Waals surface area (Å²) < 4.78 is 36.3. The van der Waals surface area contributed by atoms with Crippen LogP contribution in [0.1, 0.15) is 18.1 Å². The van der Waals surface area contributed by atoms with Crippen LogP contribution < -0.4 is 0 Å². The van der Waals surface area contributed by atoms with Gasteiger partial charge in [0.05, 0.1) is 0 Å². The molecular formula is C12H12F3NO. The van der Waals surface area contributed by atoms with E-state index < -0.39 is 11.9 Å². The minimum atomic E-state index is -4.48. The molecule has 0 fully saturated rings. The van der Waals surface area contributed by atoms with Gasteiger partial charge in [-0.25, -0.2) is 0 Å². The largest absolute Gasteiger partial charge is 0.432 e. The lowest BCUT2D eigenvalue weighted by Gasteiger charge is -2.07. The number of rotatable bonds is 3. The van der Waals surface area contributed by atoms with E-state index in [1.165, 1.54) is 0 Å². The summed E-state index contributed by atoms with van der Waals surface area (Å²) in [7, 11) is 0. The SMILES string of the molecule is C=C(O/N=C(\C)C(F)(F)F)c1ccc(C)cc1. The highest BCUT2D eigenvalue weighted by Gasteiger charge is 2.32. The number of hydrogen-bond donors (Lipinski definition) is 0. The second-order valence-corrected chi connectivity index (χ2v) is 3.55. The van der Waals surface area contributed by atoms with Crippen LogP contribution in [-0.4, -0.2) is 11.9 Å². The lowest BCUT2D eigenvalue weighted by molar-refractivity contribution is -0.0613. The van der Waals surface area contributed by atoms with E-state index in [9.17, 15) is 13.2 Å². The maximum absolute atomic E-state index is 12.1. The number of alkyl halides is 3. The molecule has 5 heteroatoms. The van der Waals surface area contributed by atoms with E-state index in [-0.39, 0.29) is 5.76 Å². The van der Waals surface area contributed by atoms with Crippen LogP contribution in [0, 0.1) is 6.92 Å². The van der Waals surface area contributed by atoms with E-state index in [0.717, 1.165) is 12.5 Å². The lowest BCUT2D eigenvalue weighted by Crippen LogP contribution is -2.19. The molecule has 0 aliphatic rings.